The van der Waals surface area contributed by atoms with Gasteiger partial charge in [-0.05, 0) is 54.3 Å². The number of nitrogens with zero attached hydrogens (tertiary/aromatic N) is 5. The van der Waals surface area contributed by atoms with Gasteiger partial charge in [-0.15, -0.1) is 11.4 Å². The smallest absolute Gasteiger partial charge is 0.658 e. The van der Waals surface area contributed by atoms with Gasteiger partial charge in [0.2, 0.25) is 0 Å². The van der Waals surface area contributed by atoms with Gasteiger partial charge in [0.05, 0.1) is 17.1 Å². The molecule has 0 aliphatic rings. The van der Waals surface area contributed by atoms with E-state index >= 15 is 0 Å². The van der Waals surface area contributed by atoms with Gasteiger partial charge in [-0.2, -0.15) is 0 Å². The number of benzene rings is 4. The van der Waals surface area contributed by atoms with E-state index in [1.165, 1.54) is 0 Å². The van der Waals surface area contributed by atoms with E-state index in [1.807, 2.05) is 97.2 Å². The minimum Gasteiger partial charge on any atom is -0.658 e. The topological polar surface area (TPSA) is 66.9 Å². The molecule has 0 saturated carbocycles. The molecule has 0 radical (unpaired) electrons. The van der Waals surface area contributed by atoms with E-state index in [4.69, 9.17) is 9.97 Å². The zero-order chi connectivity index (χ0) is 31.6. The fourth-order valence-corrected chi connectivity index (χ4v) is 5.76. The summed E-state index contributed by atoms with van der Waals surface area (Å²) in [5, 5.41) is 13.3. The number of aryl methyl sites for hydroxylation is 1. The molecular weight excluding hydrogens is 758 g/mol. The molecule has 0 aliphatic heterocycles. The average Bonchev–Trinajstić information content (AvgIpc) is 3.51. The maximum absolute atomic E-state index is 5.21. The standard InChI is InChI=1S/C29H25N4.C12H10N.Pt/c1-3-24-21(2)28(33-32-24)25-17-12-19-27(31-25)29(22-13-6-4-7-14-22,23-15-8-5-9-16-23)26-18-10-11-20-30-26;1-3-7-11(8-4-1)13-12-9-5-2-6-10-12;/h4-20H,3H2,1-2H3;1-10H;/q2*-1;+2. The van der Waals surface area contributed by atoms with E-state index < -0.39 is 5.41 Å². The van der Waals surface area contributed by atoms with E-state index in [9.17, 15) is 0 Å². The van der Waals surface area contributed by atoms with E-state index in [2.05, 4.69) is 96.1 Å². The molecule has 0 fully saturated rings. The molecule has 3 heterocycles. The fourth-order valence-electron chi connectivity index (χ4n) is 5.76. The first-order valence-corrected chi connectivity index (χ1v) is 15.5. The van der Waals surface area contributed by atoms with Crippen molar-refractivity contribution in [2.45, 2.75) is 25.7 Å². The molecule has 0 aliphatic carbocycles. The molecule has 6 heteroatoms. The quantitative estimate of drug-likeness (QED) is 0.154. The Bertz CT molecular complexity index is 1810. The van der Waals surface area contributed by atoms with Gasteiger partial charge in [0, 0.05) is 11.9 Å². The molecule has 7 rings (SSSR count). The summed E-state index contributed by atoms with van der Waals surface area (Å²) < 4.78 is 0. The van der Waals surface area contributed by atoms with Crippen LogP contribution in [0.5, 0.6) is 0 Å². The first-order chi connectivity index (χ1) is 22.7. The number of pyridine rings is 2. The van der Waals surface area contributed by atoms with Crippen LogP contribution in [0.1, 0.15) is 40.7 Å². The van der Waals surface area contributed by atoms with Gasteiger partial charge in [-0.25, -0.2) is 0 Å². The van der Waals surface area contributed by atoms with Crippen molar-refractivity contribution in [3.05, 3.63) is 203 Å². The molecule has 7 aromatic rings. The van der Waals surface area contributed by atoms with Crippen LogP contribution in [0.4, 0.5) is 11.4 Å². The summed E-state index contributed by atoms with van der Waals surface area (Å²) in [6, 6.07) is 53.1. The molecule has 47 heavy (non-hydrogen) atoms. The third kappa shape index (κ3) is 7.32. The Morgan fingerprint density at radius 2 is 1.11 bits per heavy atom. The molecule has 234 valence electrons. The third-order valence-electron chi connectivity index (χ3n) is 8.00. The number of aromatic nitrogens is 4. The van der Waals surface area contributed by atoms with Crippen LogP contribution >= 0.6 is 0 Å². The molecule has 0 unspecified atom stereocenters. The molecular formula is C41H35N5Pt. The molecule has 0 bridgehead atoms. The predicted octanol–water partition coefficient (Wildman–Crippen LogP) is 9.77. The zero-order valence-corrected chi connectivity index (χ0v) is 28.6. The second-order valence-electron chi connectivity index (χ2n) is 10.9. The predicted molar refractivity (Wildman–Crippen MR) is 187 cm³/mol. The van der Waals surface area contributed by atoms with Crippen molar-refractivity contribution in [2.24, 2.45) is 0 Å². The molecule has 4 aromatic carbocycles. The van der Waals surface area contributed by atoms with E-state index in [0.29, 0.717) is 0 Å². The Balaban J connectivity index is 0.000000260. The summed E-state index contributed by atoms with van der Waals surface area (Å²) in [6.07, 6.45) is 2.70. The van der Waals surface area contributed by atoms with Crippen LogP contribution in [0.25, 0.3) is 16.7 Å². The minimum absolute atomic E-state index is 0. The summed E-state index contributed by atoms with van der Waals surface area (Å²) in [5.74, 6) is 0. The van der Waals surface area contributed by atoms with Gasteiger partial charge in [-0.1, -0.05) is 146 Å². The van der Waals surface area contributed by atoms with Gasteiger partial charge >= 0.3 is 21.1 Å². The monoisotopic (exact) mass is 792 g/mol. The number of rotatable bonds is 8. The van der Waals surface area contributed by atoms with Gasteiger partial charge in [-0.3, -0.25) is 9.97 Å². The Labute approximate surface area is 291 Å². The molecule has 0 amide bonds. The maximum Gasteiger partial charge on any atom is 2.00 e. The number of hydrogen-bond donors (Lipinski definition) is 0. The second-order valence-corrected chi connectivity index (χ2v) is 10.9. The maximum atomic E-state index is 5.21. The first kappa shape index (κ1) is 33.2. The van der Waals surface area contributed by atoms with Crippen LogP contribution < -0.4 is 5.10 Å². The van der Waals surface area contributed by atoms with Crippen molar-refractivity contribution < 1.29 is 21.1 Å². The van der Waals surface area contributed by atoms with Crippen LogP contribution in [0.15, 0.2) is 164 Å². The normalized spacial score (nSPS) is 10.7. The molecule has 0 atom stereocenters. The average molecular weight is 793 g/mol. The van der Waals surface area contributed by atoms with E-state index in [0.717, 1.165) is 63.0 Å². The number of para-hydroxylation sites is 2. The summed E-state index contributed by atoms with van der Waals surface area (Å²) in [7, 11) is 0. The van der Waals surface area contributed by atoms with E-state index in [-0.39, 0.29) is 21.1 Å². The van der Waals surface area contributed by atoms with Crippen LogP contribution in [0.3, 0.4) is 0 Å². The summed E-state index contributed by atoms with van der Waals surface area (Å²) in [5.41, 5.74) is 9.11. The van der Waals surface area contributed by atoms with Crippen molar-refractivity contribution in [1.29, 1.82) is 0 Å². The molecule has 0 N–H and O–H groups in total. The summed E-state index contributed by atoms with van der Waals surface area (Å²) in [6.45, 7) is 4.17. The Kier molecular flexibility index (Phi) is 11.3. The Morgan fingerprint density at radius 3 is 1.60 bits per heavy atom. The van der Waals surface area contributed by atoms with Crippen LogP contribution in [-0.2, 0) is 32.9 Å². The van der Waals surface area contributed by atoms with Crippen LogP contribution in [0.2, 0.25) is 0 Å². The van der Waals surface area contributed by atoms with Crippen molar-refractivity contribution in [2.75, 3.05) is 0 Å². The van der Waals surface area contributed by atoms with Crippen molar-refractivity contribution >= 4 is 11.4 Å². The van der Waals surface area contributed by atoms with Crippen molar-refractivity contribution in [3.8, 4) is 11.4 Å². The largest absolute Gasteiger partial charge is 2.00 e. The number of hydrogen-bond acceptors (Lipinski definition) is 3. The summed E-state index contributed by atoms with van der Waals surface area (Å²) in [4.78, 5) is 10.1. The zero-order valence-electron chi connectivity index (χ0n) is 26.3. The fraction of sp³-hybridized carbons (Fsp3) is 0.0976. The van der Waals surface area contributed by atoms with Crippen LogP contribution in [0, 0.1) is 6.92 Å². The van der Waals surface area contributed by atoms with Crippen molar-refractivity contribution in [1.82, 2.24) is 20.2 Å². The second kappa shape index (κ2) is 15.9. The third-order valence-corrected chi connectivity index (χ3v) is 8.00. The van der Waals surface area contributed by atoms with Crippen LogP contribution in [-0.4, -0.2) is 15.1 Å². The summed E-state index contributed by atoms with van der Waals surface area (Å²) >= 11 is 0. The van der Waals surface area contributed by atoms with Crippen molar-refractivity contribution in [3.63, 3.8) is 0 Å². The molecule has 3 aromatic heterocycles. The molecule has 0 saturated heterocycles. The van der Waals surface area contributed by atoms with Gasteiger partial charge < -0.3 is 15.5 Å². The Hall–Kier alpha value is -5.12. The van der Waals surface area contributed by atoms with Gasteiger partial charge in [0.1, 0.15) is 5.41 Å². The minimum atomic E-state index is -0.679. The van der Waals surface area contributed by atoms with Gasteiger partial charge in [0.25, 0.3) is 0 Å². The Morgan fingerprint density at radius 1 is 0.596 bits per heavy atom. The molecule has 0 spiro atoms. The van der Waals surface area contributed by atoms with Gasteiger partial charge in [0.15, 0.2) is 0 Å². The first-order valence-electron chi connectivity index (χ1n) is 15.5. The van der Waals surface area contributed by atoms with E-state index in [1.54, 1.807) is 0 Å². The SMILES string of the molecule is CCc1n[n-]c(-c2cccc(C(c3ccccc3)(c3ccccc3)c3ccccn3)n2)c1C.[Pt+2].c1ccc([N-]c2ccccc2)cc1. The molecule has 5 nitrogen and oxygen atoms in total.